The molecule has 0 N–H and O–H groups in total. The van der Waals surface area contributed by atoms with Crippen molar-refractivity contribution in [2.45, 2.75) is 90.1 Å². The van der Waals surface area contributed by atoms with Gasteiger partial charge in [-0.15, -0.1) is 0 Å². The van der Waals surface area contributed by atoms with Gasteiger partial charge in [0.1, 0.15) is 5.75 Å². The van der Waals surface area contributed by atoms with Crippen LogP contribution in [-0.4, -0.2) is 54.4 Å². The number of ether oxygens (including phenoxy) is 3. The number of hydrogen-bond acceptors (Lipinski definition) is 4. The molecule has 2 heterocycles. The van der Waals surface area contributed by atoms with Crippen LogP contribution in [0.2, 0.25) is 0 Å². The molecular formula is C25H37NO4. The van der Waals surface area contributed by atoms with E-state index in [1.54, 1.807) is 0 Å². The van der Waals surface area contributed by atoms with Crippen LogP contribution in [0.25, 0.3) is 0 Å². The van der Waals surface area contributed by atoms with E-state index in [-0.39, 0.29) is 17.6 Å². The van der Waals surface area contributed by atoms with Crippen molar-refractivity contribution >= 4 is 5.91 Å². The smallest absolute Gasteiger partial charge is 0.253 e. The number of benzene rings is 1. The standard InChI is InChI=1S/C25H37NO4/c1-5-28-21-15-23(19-6-7-19)30-25(16-21)10-12-26(13-11-25)24(27)20-8-9-22(18(4)14-20)29-17(2)3/h8-9,14,17,19,21,23H,5-7,10-13,15-16H2,1-4H3/t21-,23-/m1/s1. The molecule has 0 bridgehead atoms. The lowest BCUT2D eigenvalue weighted by Gasteiger charge is -2.49. The second kappa shape index (κ2) is 8.88. The Balaban J connectivity index is 1.39. The summed E-state index contributed by atoms with van der Waals surface area (Å²) in [5, 5.41) is 0. The van der Waals surface area contributed by atoms with Crippen molar-refractivity contribution in [2.24, 2.45) is 5.92 Å². The summed E-state index contributed by atoms with van der Waals surface area (Å²) < 4.78 is 18.5. The van der Waals surface area contributed by atoms with Crippen molar-refractivity contribution in [3.05, 3.63) is 29.3 Å². The highest BCUT2D eigenvalue weighted by molar-refractivity contribution is 5.94. The number of piperidine rings is 1. The van der Waals surface area contributed by atoms with Gasteiger partial charge in [0.2, 0.25) is 0 Å². The van der Waals surface area contributed by atoms with E-state index in [1.165, 1.54) is 12.8 Å². The molecule has 4 rings (SSSR count). The maximum Gasteiger partial charge on any atom is 0.253 e. The number of amides is 1. The minimum atomic E-state index is -0.118. The third-order valence-corrected chi connectivity index (χ3v) is 6.79. The average Bonchev–Trinajstić information content (AvgIpc) is 3.55. The predicted octanol–water partition coefficient (Wildman–Crippen LogP) is 4.75. The van der Waals surface area contributed by atoms with Gasteiger partial charge in [-0.2, -0.15) is 0 Å². The molecule has 2 aliphatic heterocycles. The quantitative estimate of drug-likeness (QED) is 0.673. The number of aryl methyl sites for hydroxylation is 1. The highest BCUT2D eigenvalue weighted by atomic mass is 16.5. The first-order valence-corrected chi connectivity index (χ1v) is 11.7. The van der Waals surface area contributed by atoms with E-state index in [0.29, 0.717) is 12.2 Å². The van der Waals surface area contributed by atoms with Crippen LogP contribution in [0.1, 0.15) is 75.2 Å². The van der Waals surface area contributed by atoms with Crippen molar-refractivity contribution in [1.29, 1.82) is 0 Å². The molecule has 0 unspecified atom stereocenters. The Bertz CT molecular complexity index is 750. The van der Waals surface area contributed by atoms with Gasteiger partial charge >= 0.3 is 0 Å². The molecule has 1 spiro atoms. The van der Waals surface area contributed by atoms with Crippen LogP contribution in [-0.2, 0) is 9.47 Å². The number of rotatable bonds is 6. The zero-order valence-electron chi connectivity index (χ0n) is 19.0. The minimum absolute atomic E-state index is 0.111. The van der Waals surface area contributed by atoms with Gasteiger partial charge in [0.15, 0.2) is 0 Å². The number of likely N-dealkylation sites (tertiary alicyclic amines) is 1. The lowest BCUT2D eigenvalue weighted by atomic mass is 9.81. The van der Waals surface area contributed by atoms with E-state index < -0.39 is 0 Å². The summed E-state index contributed by atoms with van der Waals surface area (Å²) >= 11 is 0. The van der Waals surface area contributed by atoms with Crippen LogP contribution in [0.4, 0.5) is 0 Å². The number of carbonyl (C=O) groups excluding carboxylic acids is 1. The van der Waals surface area contributed by atoms with E-state index in [9.17, 15) is 4.79 Å². The fraction of sp³-hybridized carbons (Fsp3) is 0.720. The second-order valence-corrected chi connectivity index (χ2v) is 9.63. The highest BCUT2D eigenvalue weighted by Crippen LogP contribution is 2.46. The van der Waals surface area contributed by atoms with Crippen molar-refractivity contribution in [1.82, 2.24) is 4.90 Å². The summed E-state index contributed by atoms with van der Waals surface area (Å²) in [6, 6.07) is 5.77. The Kier molecular flexibility index (Phi) is 6.40. The van der Waals surface area contributed by atoms with E-state index in [2.05, 4.69) is 6.92 Å². The lowest BCUT2D eigenvalue weighted by Crippen LogP contribution is -2.54. The second-order valence-electron chi connectivity index (χ2n) is 9.63. The third-order valence-electron chi connectivity index (χ3n) is 6.79. The maximum absolute atomic E-state index is 13.1. The van der Waals surface area contributed by atoms with Gasteiger partial charge in [-0.3, -0.25) is 4.79 Å². The molecule has 1 amide bonds. The van der Waals surface area contributed by atoms with Crippen LogP contribution in [0.15, 0.2) is 18.2 Å². The lowest BCUT2D eigenvalue weighted by molar-refractivity contribution is -0.193. The van der Waals surface area contributed by atoms with Crippen LogP contribution < -0.4 is 4.74 Å². The van der Waals surface area contributed by atoms with Gasteiger partial charge in [-0.25, -0.2) is 0 Å². The van der Waals surface area contributed by atoms with Crippen molar-refractivity contribution in [3.63, 3.8) is 0 Å². The first kappa shape index (κ1) is 21.6. The molecule has 3 fully saturated rings. The molecule has 5 heteroatoms. The summed E-state index contributed by atoms with van der Waals surface area (Å²) in [6.45, 7) is 10.4. The average molecular weight is 416 g/mol. The molecule has 2 atom stereocenters. The number of carbonyl (C=O) groups is 1. The van der Waals surface area contributed by atoms with E-state index in [0.717, 1.165) is 68.2 Å². The molecule has 1 aromatic rings. The molecule has 3 aliphatic rings. The van der Waals surface area contributed by atoms with Crippen LogP contribution in [0.5, 0.6) is 5.75 Å². The van der Waals surface area contributed by atoms with Crippen molar-refractivity contribution < 1.29 is 19.0 Å². The van der Waals surface area contributed by atoms with Gasteiger partial charge in [0.05, 0.1) is 23.9 Å². The zero-order chi connectivity index (χ0) is 21.3. The van der Waals surface area contributed by atoms with Gasteiger partial charge in [-0.1, -0.05) is 0 Å². The van der Waals surface area contributed by atoms with Gasteiger partial charge in [0, 0.05) is 38.1 Å². The molecule has 30 heavy (non-hydrogen) atoms. The van der Waals surface area contributed by atoms with E-state index in [1.807, 2.05) is 43.9 Å². The molecular weight excluding hydrogens is 378 g/mol. The Morgan fingerprint density at radius 2 is 2.00 bits per heavy atom. The van der Waals surface area contributed by atoms with Crippen LogP contribution in [0.3, 0.4) is 0 Å². The molecule has 166 valence electrons. The summed E-state index contributed by atoms with van der Waals surface area (Å²) in [4.78, 5) is 15.1. The minimum Gasteiger partial charge on any atom is -0.491 e. The first-order chi connectivity index (χ1) is 14.4. The normalized spacial score (nSPS) is 26.2. The highest BCUT2D eigenvalue weighted by Gasteiger charge is 2.48. The Labute approximate surface area is 181 Å². The molecule has 2 saturated heterocycles. The summed E-state index contributed by atoms with van der Waals surface area (Å²) in [5.74, 6) is 1.68. The number of hydrogen-bond donors (Lipinski definition) is 0. The SMILES string of the molecule is CCO[C@@H]1C[C@H](C2CC2)OC2(CCN(C(=O)c3ccc(OC(C)C)c(C)c3)CC2)C1. The molecule has 1 aromatic carbocycles. The monoisotopic (exact) mass is 415 g/mol. The Morgan fingerprint density at radius 1 is 1.27 bits per heavy atom. The molecule has 5 nitrogen and oxygen atoms in total. The van der Waals surface area contributed by atoms with Crippen molar-refractivity contribution in [2.75, 3.05) is 19.7 Å². The Hall–Kier alpha value is -1.59. The van der Waals surface area contributed by atoms with E-state index >= 15 is 0 Å². The summed E-state index contributed by atoms with van der Waals surface area (Å²) in [5.41, 5.74) is 1.63. The third kappa shape index (κ3) is 4.83. The fourth-order valence-corrected chi connectivity index (χ4v) is 5.08. The molecule has 1 saturated carbocycles. The Morgan fingerprint density at radius 3 is 2.60 bits per heavy atom. The first-order valence-electron chi connectivity index (χ1n) is 11.7. The van der Waals surface area contributed by atoms with Gasteiger partial charge < -0.3 is 19.1 Å². The van der Waals surface area contributed by atoms with Crippen molar-refractivity contribution in [3.8, 4) is 5.75 Å². The molecule has 0 aromatic heterocycles. The van der Waals surface area contributed by atoms with Crippen LogP contribution >= 0.6 is 0 Å². The molecule has 1 aliphatic carbocycles. The predicted molar refractivity (Wildman–Crippen MR) is 117 cm³/mol. The largest absolute Gasteiger partial charge is 0.491 e. The van der Waals surface area contributed by atoms with Gasteiger partial charge in [0.25, 0.3) is 5.91 Å². The van der Waals surface area contributed by atoms with Gasteiger partial charge in [-0.05, 0) is 83.1 Å². The fourth-order valence-electron chi connectivity index (χ4n) is 5.08. The molecule has 0 radical (unpaired) electrons. The number of nitrogens with zero attached hydrogens (tertiary/aromatic N) is 1. The summed E-state index contributed by atoms with van der Waals surface area (Å²) in [6.07, 6.45) is 7.15. The zero-order valence-corrected chi connectivity index (χ0v) is 19.0. The van der Waals surface area contributed by atoms with E-state index in [4.69, 9.17) is 14.2 Å². The maximum atomic E-state index is 13.1. The summed E-state index contributed by atoms with van der Waals surface area (Å²) in [7, 11) is 0. The topological polar surface area (TPSA) is 48.0 Å². The van der Waals surface area contributed by atoms with Crippen LogP contribution in [0, 0.1) is 12.8 Å².